The van der Waals surface area contributed by atoms with Crippen LogP contribution in [-0.4, -0.2) is 5.97 Å². The summed E-state index contributed by atoms with van der Waals surface area (Å²) in [5, 5.41) is 0. The molecular formula is C27H37O2. The van der Waals surface area contributed by atoms with E-state index in [2.05, 4.69) is 26.0 Å². The maximum absolute atomic E-state index is 12.7. The summed E-state index contributed by atoms with van der Waals surface area (Å²) in [6.45, 7) is 4.65. The standard InChI is InChI=1S/C27H37O2/c1-19-3-7-21(8-4-19)23-11-13-25(14-12-23)27(28)29-26-17-15-24(16-18-26)22-9-5-20(2)6-10-22/h15-18,20-21,25H,3-14H2,1-2H3. The van der Waals surface area contributed by atoms with E-state index in [0.717, 1.165) is 37.5 Å². The minimum atomic E-state index is -0.0243. The zero-order valence-electron chi connectivity index (χ0n) is 18.3. The molecule has 2 heteroatoms. The summed E-state index contributed by atoms with van der Waals surface area (Å²) in [4.78, 5) is 12.7. The van der Waals surface area contributed by atoms with Crippen LogP contribution in [0.15, 0.2) is 24.3 Å². The van der Waals surface area contributed by atoms with E-state index in [9.17, 15) is 4.79 Å². The van der Waals surface area contributed by atoms with Gasteiger partial charge in [-0.2, -0.15) is 0 Å². The maximum Gasteiger partial charge on any atom is 0.314 e. The van der Waals surface area contributed by atoms with Crippen LogP contribution in [0.1, 0.15) is 96.5 Å². The Kier molecular flexibility index (Phi) is 6.98. The summed E-state index contributed by atoms with van der Waals surface area (Å²) in [7, 11) is 0. The van der Waals surface area contributed by atoms with Gasteiger partial charge in [-0.25, -0.2) is 0 Å². The smallest absolute Gasteiger partial charge is 0.314 e. The van der Waals surface area contributed by atoms with Crippen LogP contribution in [0, 0.1) is 35.5 Å². The molecule has 3 aliphatic rings. The first-order valence-electron chi connectivity index (χ1n) is 11.9. The van der Waals surface area contributed by atoms with Crippen molar-refractivity contribution in [2.24, 2.45) is 17.8 Å². The predicted octanol–water partition coefficient (Wildman–Crippen LogP) is 7.27. The molecule has 0 amide bonds. The minimum Gasteiger partial charge on any atom is -0.426 e. The second-order valence-corrected chi connectivity index (χ2v) is 9.90. The summed E-state index contributed by atoms with van der Waals surface area (Å²) in [6, 6.07) is 8.25. The van der Waals surface area contributed by atoms with E-state index in [1.54, 1.807) is 17.8 Å². The second kappa shape index (κ2) is 9.67. The van der Waals surface area contributed by atoms with Gasteiger partial charge in [0.2, 0.25) is 0 Å². The summed E-state index contributed by atoms with van der Waals surface area (Å²) in [5.74, 6) is 7.37. The van der Waals surface area contributed by atoms with Crippen molar-refractivity contribution < 1.29 is 9.53 Å². The number of benzene rings is 1. The average Bonchev–Trinajstić information content (AvgIpc) is 2.76. The molecule has 0 atom stereocenters. The first kappa shape index (κ1) is 20.9. The molecule has 3 saturated carbocycles. The number of rotatable bonds is 4. The third-order valence-electron chi connectivity index (χ3n) is 7.74. The minimum absolute atomic E-state index is 0.0243. The lowest BCUT2D eigenvalue weighted by Gasteiger charge is -2.36. The van der Waals surface area contributed by atoms with Gasteiger partial charge in [-0.3, -0.25) is 4.79 Å². The van der Waals surface area contributed by atoms with Gasteiger partial charge in [0.05, 0.1) is 5.92 Å². The molecule has 4 rings (SSSR count). The van der Waals surface area contributed by atoms with Crippen LogP contribution >= 0.6 is 0 Å². The Hall–Kier alpha value is -1.31. The lowest BCUT2D eigenvalue weighted by molar-refractivity contribution is -0.139. The van der Waals surface area contributed by atoms with Crippen molar-refractivity contribution in [3.05, 3.63) is 47.6 Å². The molecule has 0 N–H and O–H groups in total. The molecule has 1 aromatic rings. The molecule has 2 nitrogen and oxygen atoms in total. The van der Waals surface area contributed by atoms with Gasteiger partial charge in [0.1, 0.15) is 5.75 Å². The van der Waals surface area contributed by atoms with Crippen molar-refractivity contribution in [1.29, 1.82) is 0 Å². The van der Waals surface area contributed by atoms with Crippen LogP contribution in [0.2, 0.25) is 0 Å². The Balaban J connectivity index is 1.23. The zero-order valence-corrected chi connectivity index (χ0v) is 18.3. The number of hydrogen-bond acceptors (Lipinski definition) is 2. The summed E-state index contributed by atoms with van der Waals surface area (Å²) in [5.41, 5.74) is 1.33. The molecule has 0 aliphatic heterocycles. The third kappa shape index (κ3) is 5.44. The van der Waals surface area contributed by atoms with Gasteiger partial charge in [-0.1, -0.05) is 26.0 Å². The molecule has 0 bridgehead atoms. The van der Waals surface area contributed by atoms with Crippen LogP contribution < -0.4 is 4.74 Å². The van der Waals surface area contributed by atoms with Crippen molar-refractivity contribution in [2.45, 2.75) is 90.9 Å². The number of esters is 1. The highest BCUT2D eigenvalue weighted by atomic mass is 16.5. The van der Waals surface area contributed by atoms with Crippen molar-refractivity contribution in [3.8, 4) is 5.75 Å². The number of carbonyl (C=O) groups is 1. The monoisotopic (exact) mass is 393 g/mol. The molecule has 1 aromatic carbocycles. The van der Waals surface area contributed by atoms with Gasteiger partial charge in [-0.15, -0.1) is 0 Å². The van der Waals surface area contributed by atoms with Gasteiger partial charge in [0, 0.05) is 5.92 Å². The first-order valence-corrected chi connectivity index (χ1v) is 11.9. The molecular weight excluding hydrogens is 356 g/mol. The SMILES string of the molecule is C[C]1CCC([C]2CCC(C(=O)Oc3ccc([C]4CCC(C)CC4)cc3)CC2)CC1. The molecule has 0 heterocycles. The molecule has 3 radical (unpaired) electrons. The van der Waals surface area contributed by atoms with Crippen LogP contribution in [0.4, 0.5) is 0 Å². The molecule has 0 saturated heterocycles. The second-order valence-electron chi connectivity index (χ2n) is 9.90. The van der Waals surface area contributed by atoms with Crippen molar-refractivity contribution in [3.63, 3.8) is 0 Å². The van der Waals surface area contributed by atoms with Crippen LogP contribution in [0.25, 0.3) is 0 Å². The summed E-state index contributed by atoms with van der Waals surface area (Å²) in [6.07, 6.45) is 14.5. The fourth-order valence-electron chi connectivity index (χ4n) is 5.51. The zero-order chi connectivity index (χ0) is 20.2. The molecule has 3 fully saturated rings. The Bertz CT molecular complexity index is 640. The van der Waals surface area contributed by atoms with Crippen molar-refractivity contribution in [2.75, 3.05) is 0 Å². The van der Waals surface area contributed by atoms with E-state index < -0.39 is 0 Å². The summed E-state index contributed by atoms with van der Waals surface area (Å²) < 4.78 is 5.75. The largest absolute Gasteiger partial charge is 0.426 e. The number of ether oxygens (including phenoxy) is 1. The highest BCUT2D eigenvalue weighted by molar-refractivity contribution is 5.75. The topological polar surface area (TPSA) is 26.3 Å². The van der Waals surface area contributed by atoms with E-state index in [4.69, 9.17) is 4.74 Å². The molecule has 0 unspecified atom stereocenters. The lowest BCUT2D eigenvalue weighted by Crippen LogP contribution is -2.28. The number of hydrogen-bond donors (Lipinski definition) is 0. The molecule has 0 aromatic heterocycles. The fourth-order valence-corrected chi connectivity index (χ4v) is 5.51. The van der Waals surface area contributed by atoms with Crippen LogP contribution in [-0.2, 0) is 4.79 Å². The van der Waals surface area contributed by atoms with Gasteiger partial charge in [0.15, 0.2) is 0 Å². The highest BCUT2D eigenvalue weighted by Gasteiger charge is 2.33. The molecule has 29 heavy (non-hydrogen) atoms. The van der Waals surface area contributed by atoms with E-state index in [1.807, 2.05) is 12.1 Å². The Morgan fingerprint density at radius 2 is 1.45 bits per heavy atom. The lowest BCUT2D eigenvalue weighted by atomic mass is 9.69. The summed E-state index contributed by atoms with van der Waals surface area (Å²) >= 11 is 0. The normalized spacial score (nSPS) is 24.6. The van der Waals surface area contributed by atoms with E-state index in [-0.39, 0.29) is 11.9 Å². The molecule has 3 aliphatic carbocycles. The molecule has 157 valence electrons. The van der Waals surface area contributed by atoms with Gasteiger partial charge in [-0.05, 0) is 118 Å². The number of carbonyl (C=O) groups excluding carboxylic acids is 1. The van der Waals surface area contributed by atoms with E-state index >= 15 is 0 Å². The fraction of sp³-hybridized carbons (Fsp3) is 0.630. The van der Waals surface area contributed by atoms with Gasteiger partial charge >= 0.3 is 5.97 Å². The maximum atomic E-state index is 12.7. The van der Waals surface area contributed by atoms with Gasteiger partial charge in [0.25, 0.3) is 0 Å². The Morgan fingerprint density at radius 1 is 0.828 bits per heavy atom. The predicted molar refractivity (Wildman–Crippen MR) is 118 cm³/mol. The van der Waals surface area contributed by atoms with E-state index in [1.165, 1.54) is 56.9 Å². The van der Waals surface area contributed by atoms with Crippen molar-refractivity contribution in [1.82, 2.24) is 0 Å². The molecule has 0 spiro atoms. The van der Waals surface area contributed by atoms with Gasteiger partial charge < -0.3 is 4.74 Å². The van der Waals surface area contributed by atoms with Crippen LogP contribution in [0.5, 0.6) is 5.75 Å². The first-order chi connectivity index (χ1) is 14.1. The van der Waals surface area contributed by atoms with Crippen molar-refractivity contribution >= 4 is 5.97 Å². The average molecular weight is 394 g/mol. The van der Waals surface area contributed by atoms with Crippen LogP contribution in [0.3, 0.4) is 0 Å². The third-order valence-corrected chi connectivity index (χ3v) is 7.74. The highest BCUT2D eigenvalue weighted by Crippen LogP contribution is 2.43. The van der Waals surface area contributed by atoms with E-state index in [0.29, 0.717) is 5.75 Å². The quantitative estimate of drug-likeness (QED) is 0.397. The Labute approximate surface area is 177 Å². The Morgan fingerprint density at radius 3 is 2.07 bits per heavy atom.